The minimum Gasteiger partial charge on any atom is -0.477 e. The van der Waals surface area contributed by atoms with Gasteiger partial charge in [-0.25, -0.2) is 14.8 Å². The molecule has 0 saturated carbocycles. The van der Waals surface area contributed by atoms with Gasteiger partial charge in [-0.05, 0) is 25.0 Å². The Kier molecular flexibility index (Phi) is 6.13. The van der Waals surface area contributed by atoms with Crippen LogP contribution < -0.4 is 11.1 Å². The standard InChI is InChI=1S/C20H15ClN6O5S3/c21-15-12(25-19(22)35-15)13(26-32)16(28)24-11-8-5-6-10(14(18(30)31)27(8)17(11)29)34-20-23-7-3-1-2-4-9(7)33-20/h1-4,8,11,32H,5-6H2,(H2,22,25)(H,24,28)(H,30,31)/b26-13-. The molecule has 1 saturated heterocycles. The summed E-state index contributed by atoms with van der Waals surface area (Å²) in [6.07, 6.45) is 0.815. The predicted molar refractivity (Wildman–Crippen MR) is 132 cm³/mol. The Morgan fingerprint density at radius 1 is 1.29 bits per heavy atom. The summed E-state index contributed by atoms with van der Waals surface area (Å²) in [5.74, 6) is -2.70. The minimum absolute atomic E-state index is 0.0530. The summed E-state index contributed by atoms with van der Waals surface area (Å²) >= 11 is 9.58. The number of oxime groups is 1. The highest BCUT2D eigenvalue weighted by molar-refractivity contribution is 8.04. The van der Waals surface area contributed by atoms with Gasteiger partial charge >= 0.3 is 5.97 Å². The molecular formula is C20H15ClN6O5S3. The molecule has 5 N–H and O–H groups in total. The number of carboxylic acid groups (broad SMARTS) is 1. The zero-order chi connectivity index (χ0) is 24.9. The first kappa shape index (κ1) is 23.5. The normalized spacial score (nSPS) is 20.1. The van der Waals surface area contributed by atoms with E-state index in [0.717, 1.165) is 21.6 Å². The SMILES string of the molecule is Nc1nc(/C(=N/O)C(=O)NC2C(=O)N3C(C(=O)O)=C(Sc4nc5ccccc5s4)CCC23)c(Cl)s1. The highest BCUT2D eigenvalue weighted by Gasteiger charge is 2.54. The van der Waals surface area contributed by atoms with Crippen LogP contribution in [0.15, 0.2) is 44.4 Å². The molecule has 180 valence electrons. The first-order valence-electron chi connectivity index (χ1n) is 10.1. The van der Waals surface area contributed by atoms with Crippen LogP contribution in [0, 0.1) is 0 Å². The minimum atomic E-state index is -1.24. The van der Waals surface area contributed by atoms with Crippen molar-refractivity contribution in [3.05, 3.63) is 44.9 Å². The molecule has 3 aromatic rings. The summed E-state index contributed by atoms with van der Waals surface area (Å²) in [6.45, 7) is 0. The van der Waals surface area contributed by atoms with Crippen LogP contribution in [-0.2, 0) is 14.4 Å². The molecule has 1 fully saturated rings. The fourth-order valence-electron chi connectivity index (χ4n) is 4.00. The predicted octanol–water partition coefficient (Wildman–Crippen LogP) is 2.74. The second kappa shape index (κ2) is 9.11. The summed E-state index contributed by atoms with van der Waals surface area (Å²) in [5, 5.41) is 24.8. The fourth-order valence-corrected chi connectivity index (χ4v) is 7.22. The second-order valence-electron chi connectivity index (χ2n) is 7.51. The van der Waals surface area contributed by atoms with E-state index in [0.29, 0.717) is 22.1 Å². The molecule has 2 aliphatic rings. The van der Waals surface area contributed by atoms with Crippen molar-refractivity contribution in [2.45, 2.75) is 29.3 Å². The maximum absolute atomic E-state index is 12.9. The van der Waals surface area contributed by atoms with Crippen LogP contribution in [-0.4, -0.2) is 60.8 Å². The molecule has 2 atom stereocenters. The molecular weight excluding hydrogens is 536 g/mol. The number of aromatic nitrogens is 2. The van der Waals surface area contributed by atoms with Crippen LogP contribution >= 0.6 is 46.0 Å². The Labute approximate surface area is 214 Å². The largest absolute Gasteiger partial charge is 0.477 e. The number of rotatable bonds is 6. The van der Waals surface area contributed by atoms with Crippen molar-refractivity contribution in [3.8, 4) is 0 Å². The number of halogens is 1. The molecule has 0 aliphatic carbocycles. The number of nitrogens with two attached hydrogens (primary N) is 1. The van der Waals surface area contributed by atoms with Crippen LogP contribution in [0.25, 0.3) is 10.2 Å². The summed E-state index contributed by atoms with van der Waals surface area (Å²) in [7, 11) is 0. The Hall–Kier alpha value is -3.20. The molecule has 2 aliphatic heterocycles. The molecule has 1 aromatic carbocycles. The van der Waals surface area contributed by atoms with Crippen molar-refractivity contribution in [1.29, 1.82) is 0 Å². The zero-order valence-electron chi connectivity index (χ0n) is 17.5. The van der Waals surface area contributed by atoms with Gasteiger partial charge in [0.25, 0.3) is 11.8 Å². The smallest absolute Gasteiger partial charge is 0.353 e. The van der Waals surface area contributed by atoms with E-state index in [4.69, 9.17) is 17.3 Å². The van der Waals surface area contributed by atoms with Crippen molar-refractivity contribution in [2.24, 2.45) is 5.16 Å². The highest BCUT2D eigenvalue weighted by atomic mass is 35.5. The van der Waals surface area contributed by atoms with E-state index in [2.05, 4.69) is 20.4 Å². The van der Waals surface area contributed by atoms with Crippen LogP contribution in [0.1, 0.15) is 18.5 Å². The molecule has 11 nitrogen and oxygen atoms in total. The van der Waals surface area contributed by atoms with Gasteiger partial charge in [0.15, 0.2) is 15.2 Å². The lowest BCUT2D eigenvalue weighted by atomic mass is 9.86. The van der Waals surface area contributed by atoms with E-state index < -0.39 is 35.6 Å². The number of fused-ring (bicyclic) bond motifs is 2. The topological polar surface area (TPSA) is 171 Å². The van der Waals surface area contributed by atoms with E-state index >= 15 is 0 Å². The summed E-state index contributed by atoms with van der Waals surface area (Å²) < 4.78 is 1.71. The lowest BCUT2D eigenvalue weighted by molar-refractivity contribution is -0.155. The lowest BCUT2D eigenvalue weighted by Gasteiger charge is -2.49. The van der Waals surface area contributed by atoms with Crippen molar-refractivity contribution in [2.75, 3.05) is 5.73 Å². The van der Waals surface area contributed by atoms with E-state index in [1.165, 1.54) is 28.0 Å². The third-order valence-electron chi connectivity index (χ3n) is 5.51. The highest BCUT2D eigenvalue weighted by Crippen LogP contribution is 2.44. The number of allylic oxidation sites excluding steroid dienone is 1. The first-order valence-corrected chi connectivity index (χ1v) is 12.9. The number of aliphatic carboxylic acids is 1. The number of hydrogen-bond acceptors (Lipinski definition) is 11. The van der Waals surface area contributed by atoms with Gasteiger partial charge in [-0.15, -0.1) is 11.3 Å². The first-order chi connectivity index (χ1) is 16.8. The van der Waals surface area contributed by atoms with E-state index in [1.54, 1.807) is 0 Å². The molecule has 0 bridgehead atoms. The van der Waals surface area contributed by atoms with Gasteiger partial charge < -0.3 is 21.4 Å². The van der Waals surface area contributed by atoms with E-state index in [9.17, 15) is 24.7 Å². The van der Waals surface area contributed by atoms with Crippen molar-refractivity contribution >= 4 is 84.9 Å². The number of benzene rings is 1. The number of anilines is 1. The lowest BCUT2D eigenvalue weighted by Crippen LogP contribution is -2.72. The van der Waals surface area contributed by atoms with Gasteiger partial charge in [-0.2, -0.15) is 0 Å². The average Bonchev–Trinajstić information content (AvgIpc) is 3.38. The van der Waals surface area contributed by atoms with Gasteiger partial charge in [0, 0.05) is 4.91 Å². The van der Waals surface area contributed by atoms with Crippen molar-refractivity contribution in [3.63, 3.8) is 0 Å². The number of amides is 2. The molecule has 2 aromatic heterocycles. The van der Waals surface area contributed by atoms with Crippen LogP contribution in [0.2, 0.25) is 4.34 Å². The average molecular weight is 551 g/mol. The molecule has 0 radical (unpaired) electrons. The molecule has 2 amide bonds. The van der Waals surface area contributed by atoms with Gasteiger partial charge in [0.1, 0.15) is 21.8 Å². The number of β-lactam (4-membered cyclic amide) rings is 1. The number of carboxylic acids is 1. The summed E-state index contributed by atoms with van der Waals surface area (Å²) in [4.78, 5) is 47.9. The van der Waals surface area contributed by atoms with Crippen molar-refractivity contribution < 1.29 is 24.7 Å². The number of thiazole rings is 2. The number of nitrogens with one attached hydrogen (secondary N) is 1. The molecule has 0 spiro atoms. The molecule has 35 heavy (non-hydrogen) atoms. The third-order valence-corrected chi connectivity index (χ3v) is 8.83. The Bertz CT molecular complexity index is 1420. The van der Waals surface area contributed by atoms with Crippen LogP contribution in [0.3, 0.4) is 0 Å². The number of para-hydroxylation sites is 1. The van der Waals surface area contributed by atoms with E-state index in [1.807, 2.05) is 24.3 Å². The van der Waals surface area contributed by atoms with Gasteiger partial charge in [-0.3, -0.25) is 14.5 Å². The van der Waals surface area contributed by atoms with Crippen LogP contribution in [0.5, 0.6) is 0 Å². The van der Waals surface area contributed by atoms with Crippen LogP contribution in [0.4, 0.5) is 5.13 Å². The zero-order valence-corrected chi connectivity index (χ0v) is 20.7. The Balaban J connectivity index is 1.36. The number of nitrogen functional groups attached to an aromatic ring is 1. The number of thioether (sulfide) groups is 1. The quantitative estimate of drug-likeness (QED) is 0.156. The molecule has 5 rings (SSSR count). The number of carbonyl (C=O) groups is 3. The van der Waals surface area contributed by atoms with Gasteiger partial charge in [0.05, 0.1) is 16.3 Å². The number of hydrogen-bond donors (Lipinski definition) is 4. The third kappa shape index (κ3) is 4.11. The number of carbonyl (C=O) groups excluding carboxylic acids is 2. The Morgan fingerprint density at radius 3 is 2.71 bits per heavy atom. The van der Waals surface area contributed by atoms with Gasteiger partial charge in [-0.1, -0.05) is 52.0 Å². The second-order valence-corrected chi connectivity index (χ2v) is 11.5. The number of nitrogens with zero attached hydrogens (tertiary/aromatic N) is 4. The molecule has 2 unspecified atom stereocenters. The molecule has 15 heteroatoms. The van der Waals surface area contributed by atoms with Crippen molar-refractivity contribution in [1.82, 2.24) is 20.2 Å². The fraction of sp³-hybridized carbons (Fsp3) is 0.200. The Morgan fingerprint density at radius 2 is 2.06 bits per heavy atom. The molecule has 4 heterocycles. The maximum Gasteiger partial charge on any atom is 0.353 e. The summed E-state index contributed by atoms with van der Waals surface area (Å²) in [5.41, 5.74) is 5.68. The van der Waals surface area contributed by atoms with E-state index in [-0.39, 0.29) is 20.9 Å². The summed E-state index contributed by atoms with van der Waals surface area (Å²) in [6, 6.07) is 6.04. The monoisotopic (exact) mass is 550 g/mol. The maximum atomic E-state index is 12.9. The van der Waals surface area contributed by atoms with Gasteiger partial charge in [0.2, 0.25) is 0 Å².